The van der Waals surface area contributed by atoms with Crippen LogP contribution in [0.25, 0.3) is 5.69 Å². The molecule has 0 saturated heterocycles. The van der Waals surface area contributed by atoms with Crippen LogP contribution in [0.2, 0.25) is 0 Å². The number of anilines is 1. The van der Waals surface area contributed by atoms with Gasteiger partial charge in [-0.15, -0.1) is 5.10 Å². The van der Waals surface area contributed by atoms with Crippen molar-refractivity contribution in [3.8, 4) is 17.2 Å². The van der Waals surface area contributed by atoms with Crippen molar-refractivity contribution >= 4 is 28.7 Å². The summed E-state index contributed by atoms with van der Waals surface area (Å²) < 4.78 is 12.1. The van der Waals surface area contributed by atoms with Crippen molar-refractivity contribution < 1.29 is 9.47 Å². The number of aromatic nitrogens is 4. The molecule has 10 heteroatoms. The van der Waals surface area contributed by atoms with Crippen LogP contribution >= 0.6 is 12.2 Å². The molecule has 0 bridgehead atoms. The minimum Gasteiger partial charge on any atom is -0.493 e. The third-order valence-corrected chi connectivity index (χ3v) is 4.04. The summed E-state index contributed by atoms with van der Waals surface area (Å²) in [5.41, 5.74) is 6.10. The molecule has 1 aromatic heterocycles. The van der Waals surface area contributed by atoms with Gasteiger partial charge < -0.3 is 14.8 Å². The standard InChI is InChI=1S/C18H19N7O2S/c1-12(13-5-4-6-15(9-13)25-11-19-23-24-25)21-22-18(28)20-14-7-8-16(26-2)17(10-14)27-3/h4-11H,1-3H3,(H2,20,22,28)/b21-12-. The van der Waals surface area contributed by atoms with Gasteiger partial charge in [-0.1, -0.05) is 12.1 Å². The SMILES string of the molecule is COc1ccc(NC(=S)N/N=C(/C)c2cccc(-n3cnnn3)c2)cc1OC. The monoisotopic (exact) mass is 397 g/mol. The quantitative estimate of drug-likeness (QED) is 0.372. The molecule has 28 heavy (non-hydrogen) atoms. The number of hydrogen-bond donors (Lipinski definition) is 2. The summed E-state index contributed by atoms with van der Waals surface area (Å²) in [5.74, 6) is 1.25. The highest BCUT2D eigenvalue weighted by Gasteiger charge is 2.06. The van der Waals surface area contributed by atoms with Crippen molar-refractivity contribution in [1.29, 1.82) is 0 Å². The lowest BCUT2D eigenvalue weighted by atomic mass is 10.1. The summed E-state index contributed by atoms with van der Waals surface area (Å²) in [7, 11) is 3.17. The summed E-state index contributed by atoms with van der Waals surface area (Å²) in [6.45, 7) is 1.88. The highest BCUT2D eigenvalue weighted by molar-refractivity contribution is 7.80. The minimum atomic E-state index is 0.350. The predicted molar refractivity (Wildman–Crippen MR) is 110 cm³/mol. The predicted octanol–water partition coefficient (Wildman–Crippen LogP) is 2.39. The van der Waals surface area contributed by atoms with Gasteiger partial charge in [0.2, 0.25) is 0 Å². The van der Waals surface area contributed by atoms with Gasteiger partial charge in [0.25, 0.3) is 0 Å². The molecule has 3 rings (SSSR count). The number of ether oxygens (including phenoxy) is 2. The molecule has 0 spiro atoms. The van der Waals surface area contributed by atoms with Crippen molar-refractivity contribution in [3.05, 3.63) is 54.4 Å². The number of thiocarbonyl (C=S) groups is 1. The van der Waals surface area contributed by atoms with E-state index in [2.05, 4.69) is 31.4 Å². The molecule has 0 aliphatic carbocycles. The first-order valence-electron chi connectivity index (χ1n) is 8.28. The summed E-state index contributed by atoms with van der Waals surface area (Å²) >= 11 is 5.30. The fourth-order valence-electron chi connectivity index (χ4n) is 2.43. The van der Waals surface area contributed by atoms with Gasteiger partial charge in [0.15, 0.2) is 16.6 Å². The fraction of sp³-hybridized carbons (Fsp3) is 0.167. The molecule has 0 atom stereocenters. The Morgan fingerprint density at radius 2 is 1.93 bits per heavy atom. The molecule has 0 amide bonds. The Morgan fingerprint density at radius 3 is 2.64 bits per heavy atom. The number of hydrogen-bond acceptors (Lipinski definition) is 7. The molecule has 0 aliphatic rings. The molecule has 1 heterocycles. The van der Waals surface area contributed by atoms with Gasteiger partial charge in [-0.05, 0) is 59.4 Å². The smallest absolute Gasteiger partial charge is 0.191 e. The zero-order valence-electron chi connectivity index (χ0n) is 15.6. The lowest BCUT2D eigenvalue weighted by molar-refractivity contribution is 0.355. The van der Waals surface area contributed by atoms with Gasteiger partial charge in [-0.3, -0.25) is 5.43 Å². The normalized spacial score (nSPS) is 11.0. The van der Waals surface area contributed by atoms with Crippen LogP contribution in [0.4, 0.5) is 5.69 Å². The third kappa shape index (κ3) is 4.60. The second-order valence-electron chi connectivity index (χ2n) is 5.64. The molecule has 0 saturated carbocycles. The van der Waals surface area contributed by atoms with E-state index in [1.165, 1.54) is 6.33 Å². The fourth-order valence-corrected chi connectivity index (χ4v) is 2.59. The average Bonchev–Trinajstić information content (AvgIpc) is 3.27. The largest absolute Gasteiger partial charge is 0.493 e. The van der Waals surface area contributed by atoms with E-state index >= 15 is 0 Å². The number of benzene rings is 2. The Morgan fingerprint density at radius 1 is 1.11 bits per heavy atom. The minimum absolute atomic E-state index is 0.350. The van der Waals surface area contributed by atoms with Crippen molar-refractivity contribution in [3.63, 3.8) is 0 Å². The maximum atomic E-state index is 5.30. The molecule has 0 unspecified atom stereocenters. The Bertz CT molecular complexity index is 989. The topological polar surface area (TPSA) is 98.5 Å². The van der Waals surface area contributed by atoms with Gasteiger partial charge in [-0.2, -0.15) is 5.10 Å². The van der Waals surface area contributed by atoms with Crippen molar-refractivity contribution in [2.24, 2.45) is 5.10 Å². The van der Waals surface area contributed by atoms with Gasteiger partial charge in [0.05, 0.1) is 25.6 Å². The highest BCUT2D eigenvalue weighted by atomic mass is 32.1. The molecule has 0 fully saturated rings. The second-order valence-corrected chi connectivity index (χ2v) is 6.05. The Kier molecular flexibility index (Phi) is 6.12. The van der Waals surface area contributed by atoms with Crippen molar-refractivity contribution in [1.82, 2.24) is 25.6 Å². The van der Waals surface area contributed by atoms with Crippen molar-refractivity contribution in [2.75, 3.05) is 19.5 Å². The number of nitrogens with zero attached hydrogens (tertiary/aromatic N) is 5. The first-order chi connectivity index (χ1) is 13.6. The van der Waals surface area contributed by atoms with Gasteiger partial charge in [0.1, 0.15) is 6.33 Å². The molecular weight excluding hydrogens is 378 g/mol. The van der Waals surface area contributed by atoms with Crippen molar-refractivity contribution in [2.45, 2.75) is 6.92 Å². The zero-order chi connectivity index (χ0) is 19.9. The summed E-state index contributed by atoms with van der Waals surface area (Å²) in [6.07, 6.45) is 1.53. The number of tetrazole rings is 1. The maximum absolute atomic E-state index is 5.30. The molecule has 2 aromatic carbocycles. The van der Waals surface area contributed by atoms with Crippen LogP contribution < -0.4 is 20.2 Å². The maximum Gasteiger partial charge on any atom is 0.191 e. The molecule has 0 radical (unpaired) electrons. The zero-order valence-corrected chi connectivity index (χ0v) is 16.4. The lowest BCUT2D eigenvalue weighted by Crippen LogP contribution is -2.25. The van der Waals surface area contributed by atoms with Crippen LogP contribution in [-0.2, 0) is 0 Å². The summed E-state index contributed by atoms with van der Waals surface area (Å²) in [5, 5.41) is 18.9. The van der Waals surface area contributed by atoms with E-state index in [-0.39, 0.29) is 0 Å². The highest BCUT2D eigenvalue weighted by Crippen LogP contribution is 2.29. The van der Waals surface area contributed by atoms with Crippen LogP contribution in [0.5, 0.6) is 11.5 Å². The van der Waals surface area contributed by atoms with Crippen LogP contribution in [0, 0.1) is 0 Å². The van der Waals surface area contributed by atoms with E-state index in [0.717, 1.165) is 22.6 Å². The first-order valence-corrected chi connectivity index (χ1v) is 8.68. The molecule has 2 N–H and O–H groups in total. The molecular formula is C18H19N7O2S. The molecule has 0 aliphatic heterocycles. The average molecular weight is 397 g/mol. The van der Waals surface area contributed by atoms with Gasteiger partial charge >= 0.3 is 0 Å². The van der Waals surface area contributed by atoms with Gasteiger partial charge in [-0.25, -0.2) is 4.68 Å². The molecule has 9 nitrogen and oxygen atoms in total. The molecule has 144 valence electrons. The van der Waals surface area contributed by atoms with E-state index < -0.39 is 0 Å². The Balaban J connectivity index is 1.66. The number of rotatable bonds is 6. The van der Waals surface area contributed by atoms with Crippen LogP contribution in [0.3, 0.4) is 0 Å². The van der Waals surface area contributed by atoms with E-state index in [4.69, 9.17) is 21.7 Å². The Labute approximate surface area is 167 Å². The number of methoxy groups -OCH3 is 2. The van der Waals surface area contributed by atoms with Crippen LogP contribution in [0.15, 0.2) is 53.9 Å². The lowest BCUT2D eigenvalue weighted by Gasteiger charge is -2.12. The number of hydrazone groups is 1. The van der Waals surface area contributed by atoms with E-state index in [0.29, 0.717) is 16.6 Å². The van der Waals surface area contributed by atoms with Crippen LogP contribution in [0.1, 0.15) is 12.5 Å². The summed E-state index contributed by atoms with van der Waals surface area (Å²) in [4.78, 5) is 0. The first kappa shape index (κ1) is 19.2. The summed E-state index contributed by atoms with van der Waals surface area (Å²) in [6, 6.07) is 13.1. The van der Waals surface area contributed by atoms with E-state index in [9.17, 15) is 0 Å². The van der Waals surface area contributed by atoms with Crippen LogP contribution in [-0.4, -0.2) is 45.3 Å². The third-order valence-electron chi connectivity index (χ3n) is 3.84. The number of nitrogens with one attached hydrogen (secondary N) is 2. The Hall–Kier alpha value is -3.53. The second kappa shape index (κ2) is 8.91. The van der Waals surface area contributed by atoms with Gasteiger partial charge in [0, 0.05) is 11.8 Å². The molecule has 3 aromatic rings. The van der Waals surface area contributed by atoms with E-state index in [1.807, 2.05) is 37.3 Å². The van der Waals surface area contributed by atoms with E-state index in [1.54, 1.807) is 31.0 Å².